The van der Waals surface area contributed by atoms with E-state index in [-0.39, 0.29) is 0 Å². The first-order valence-electron chi connectivity index (χ1n) is 9.38. The quantitative estimate of drug-likeness (QED) is 0.491. The van der Waals surface area contributed by atoms with Gasteiger partial charge < -0.3 is 19.8 Å². The fourth-order valence-corrected chi connectivity index (χ4v) is 2.95. The van der Waals surface area contributed by atoms with Crippen LogP contribution in [0.1, 0.15) is 17.5 Å². The molecule has 4 rings (SSSR count). The number of nitrogens with one attached hydrogen (secondary N) is 2. The van der Waals surface area contributed by atoms with Crippen molar-refractivity contribution in [2.45, 2.75) is 6.04 Å². The summed E-state index contributed by atoms with van der Waals surface area (Å²) in [6.07, 6.45) is 0. The summed E-state index contributed by atoms with van der Waals surface area (Å²) < 4.78 is 11.0. The summed E-state index contributed by atoms with van der Waals surface area (Å²) in [6, 6.07) is 25.0. The molecule has 0 aliphatic carbocycles. The standard InChI is InChI=1S/C23H20N4O3/c1-29-19-14-12-18(13-15-19)24-23(28)25-20(16-8-4-2-5-9-16)22-27-26-21(30-22)17-10-6-3-7-11-17/h2-15,20H,1H3,(H2,24,25,28). The molecule has 0 fully saturated rings. The van der Waals surface area contributed by atoms with E-state index in [1.54, 1.807) is 31.4 Å². The van der Waals surface area contributed by atoms with E-state index in [2.05, 4.69) is 20.8 Å². The molecule has 4 aromatic rings. The van der Waals surface area contributed by atoms with E-state index < -0.39 is 12.1 Å². The molecule has 0 bridgehead atoms. The first kappa shape index (κ1) is 19.2. The lowest BCUT2D eigenvalue weighted by molar-refractivity contribution is 0.248. The van der Waals surface area contributed by atoms with Crippen LogP contribution in [0.15, 0.2) is 89.3 Å². The van der Waals surface area contributed by atoms with Gasteiger partial charge in [-0.15, -0.1) is 10.2 Å². The second-order valence-electron chi connectivity index (χ2n) is 6.48. The fraction of sp³-hybridized carbons (Fsp3) is 0.0870. The van der Waals surface area contributed by atoms with Gasteiger partial charge in [-0.05, 0) is 42.0 Å². The van der Waals surface area contributed by atoms with Gasteiger partial charge in [0.05, 0.1) is 7.11 Å². The number of ether oxygens (including phenoxy) is 1. The zero-order valence-electron chi connectivity index (χ0n) is 16.3. The monoisotopic (exact) mass is 400 g/mol. The van der Waals surface area contributed by atoms with E-state index in [1.807, 2.05) is 60.7 Å². The Morgan fingerprint density at radius 2 is 1.57 bits per heavy atom. The van der Waals surface area contributed by atoms with Crippen molar-refractivity contribution in [3.63, 3.8) is 0 Å². The Hall–Kier alpha value is -4.13. The third-order valence-corrected chi connectivity index (χ3v) is 4.46. The maximum atomic E-state index is 12.7. The summed E-state index contributed by atoms with van der Waals surface area (Å²) in [5.41, 5.74) is 2.27. The van der Waals surface area contributed by atoms with Crippen LogP contribution in [0.3, 0.4) is 0 Å². The molecular formula is C23H20N4O3. The summed E-state index contributed by atoms with van der Waals surface area (Å²) >= 11 is 0. The number of urea groups is 1. The third-order valence-electron chi connectivity index (χ3n) is 4.46. The van der Waals surface area contributed by atoms with E-state index in [0.717, 1.165) is 11.1 Å². The van der Waals surface area contributed by atoms with Gasteiger partial charge in [-0.25, -0.2) is 4.79 Å². The number of aromatic nitrogens is 2. The van der Waals surface area contributed by atoms with Gasteiger partial charge in [0.2, 0.25) is 11.8 Å². The molecule has 150 valence electrons. The Bertz CT molecular complexity index is 1100. The summed E-state index contributed by atoms with van der Waals surface area (Å²) in [6.45, 7) is 0. The second-order valence-corrected chi connectivity index (χ2v) is 6.48. The van der Waals surface area contributed by atoms with Crippen LogP contribution in [0.5, 0.6) is 5.75 Å². The highest BCUT2D eigenvalue weighted by Crippen LogP contribution is 2.25. The Labute approximate surface area is 173 Å². The zero-order valence-corrected chi connectivity index (χ0v) is 16.3. The minimum Gasteiger partial charge on any atom is -0.497 e. The number of rotatable bonds is 6. The first-order chi connectivity index (χ1) is 14.7. The van der Waals surface area contributed by atoms with Gasteiger partial charge in [-0.2, -0.15) is 0 Å². The van der Waals surface area contributed by atoms with Crippen molar-refractivity contribution in [1.82, 2.24) is 15.5 Å². The molecule has 7 heteroatoms. The molecular weight excluding hydrogens is 380 g/mol. The molecule has 1 heterocycles. The van der Waals surface area contributed by atoms with Crippen molar-refractivity contribution in [3.05, 3.63) is 96.4 Å². The molecule has 1 aromatic heterocycles. The van der Waals surface area contributed by atoms with Crippen LogP contribution in [0.25, 0.3) is 11.5 Å². The summed E-state index contributed by atoms with van der Waals surface area (Å²) in [4.78, 5) is 12.7. The van der Waals surface area contributed by atoms with Crippen LogP contribution < -0.4 is 15.4 Å². The van der Waals surface area contributed by atoms with Gasteiger partial charge in [0.1, 0.15) is 11.8 Å². The predicted octanol–water partition coefficient (Wildman–Crippen LogP) is 4.66. The summed E-state index contributed by atoms with van der Waals surface area (Å²) in [5.74, 6) is 1.40. The molecule has 0 saturated carbocycles. The lowest BCUT2D eigenvalue weighted by Crippen LogP contribution is -2.33. The predicted molar refractivity (Wildman–Crippen MR) is 113 cm³/mol. The lowest BCUT2D eigenvalue weighted by Gasteiger charge is -2.16. The molecule has 0 radical (unpaired) electrons. The molecule has 0 aliphatic rings. The van der Waals surface area contributed by atoms with Gasteiger partial charge in [0, 0.05) is 11.3 Å². The average molecular weight is 400 g/mol. The molecule has 30 heavy (non-hydrogen) atoms. The first-order valence-corrected chi connectivity index (χ1v) is 9.38. The lowest BCUT2D eigenvalue weighted by atomic mass is 10.1. The summed E-state index contributed by atoms with van der Waals surface area (Å²) in [7, 11) is 1.59. The highest BCUT2D eigenvalue weighted by atomic mass is 16.5. The van der Waals surface area contributed by atoms with Crippen LogP contribution in [-0.4, -0.2) is 23.3 Å². The number of anilines is 1. The number of hydrogen-bond acceptors (Lipinski definition) is 5. The molecule has 0 spiro atoms. The van der Waals surface area contributed by atoms with E-state index in [9.17, 15) is 4.79 Å². The number of nitrogens with zero attached hydrogens (tertiary/aromatic N) is 2. The maximum Gasteiger partial charge on any atom is 0.320 e. The topological polar surface area (TPSA) is 89.3 Å². The Morgan fingerprint density at radius 3 is 2.23 bits per heavy atom. The molecule has 3 aromatic carbocycles. The van der Waals surface area contributed by atoms with Crippen LogP contribution >= 0.6 is 0 Å². The normalized spacial score (nSPS) is 11.5. The Morgan fingerprint density at radius 1 is 0.900 bits per heavy atom. The molecule has 2 N–H and O–H groups in total. The highest BCUT2D eigenvalue weighted by molar-refractivity contribution is 5.89. The molecule has 1 unspecified atom stereocenters. The van der Waals surface area contributed by atoms with E-state index in [4.69, 9.17) is 9.15 Å². The Balaban J connectivity index is 1.56. The third kappa shape index (κ3) is 4.47. The van der Waals surface area contributed by atoms with Gasteiger partial charge >= 0.3 is 6.03 Å². The van der Waals surface area contributed by atoms with Crippen LogP contribution in [0.2, 0.25) is 0 Å². The van der Waals surface area contributed by atoms with Crippen molar-refractivity contribution in [1.29, 1.82) is 0 Å². The SMILES string of the molecule is COc1ccc(NC(=O)NC(c2ccccc2)c2nnc(-c3ccccc3)o2)cc1. The minimum absolute atomic E-state index is 0.296. The van der Waals surface area contributed by atoms with Crippen molar-refractivity contribution in [2.24, 2.45) is 0 Å². The molecule has 0 saturated heterocycles. The molecule has 1 atom stereocenters. The zero-order chi connectivity index (χ0) is 20.8. The molecule has 2 amide bonds. The number of hydrogen-bond donors (Lipinski definition) is 2. The number of methoxy groups -OCH3 is 1. The molecule has 7 nitrogen and oxygen atoms in total. The van der Waals surface area contributed by atoms with Gasteiger partial charge in [-0.1, -0.05) is 48.5 Å². The number of carbonyl (C=O) groups excluding carboxylic acids is 1. The highest BCUT2D eigenvalue weighted by Gasteiger charge is 2.23. The van der Waals surface area contributed by atoms with Crippen LogP contribution in [0.4, 0.5) is 10.5 Å². The second kappa shape index (κ2) is 8.91. The number of carbonyl (C=O) groups is 1. The van der Waals surface area contributed by atoms with E-state index in [0.29, 0.717) is 23.2 Å². The van der Waals surface area contributed by atoms with Gasteiger partial charge in [0.25, 0.3) is 0 Å². The average Bonchev–Trinajstić information content (AvgIpc) is 3.29. The smallest absolute Gasteiger partial charge is 0.320 e. The number of benzene rings is 3. The van der Waals surface area contributed by atoms with E-state index in [1.165, 1.54) is 0 Å². The van der Waals surface area contributed by atoms with Crippen LogP contribution in [-0.2, 0) is 0 Å². The van der Waals surface area contributed by atoms with Crippen molar-refractivity contribution < 1.29 is 13.9 Å². The van der Waals surface area contributed by atoms with Crippen molar-refractivity contribution in [2.75, 3.05) is 12.4 Å². The fourth-order valence-electron chi connectivity index (χ4n) is 2.95. The van der Waals surface area contributed by atoms with E-state index >= 15 is 0 Å². The minimum atomic E-state index is -0.602. The van der Waals surface area contributed by atoms with Gasteiger partial charge in [-0.3, -0.25) is 0 Å². The number of amides is 2. The summed E-state index contributed by atoms with van der Waals surface area (Å²) in [5, 5.41) is 14.0. The van der Waals surface area contributed by atoms with Crippen molar-refractivity contribution >= 4 is 11.7 Å². The largest absolute Gasteiger partial charge is 0.497 e. The molecule has 0 aliphatic heterocycles. The Kier molecular flexibility index (Phi) is 5.70. The van der Waals surface area contributed by atoms with Gasteiger partial charge in [0.15, 0.2) is 0 Å². The van der Waals surface area contributed by atoms with Crippen LogP contribution in [0, 0.1) is 0 Å². The van der Waals surface area contributed by atoms with Crippen molar-refractivity contribution in [3.8, 4) is 17.2 Å². The maximum absolute atomic E-state index is 12.7.